The van der Waals surface area contributed by atoms with Crippen molar-refractivity contribution in [3.63, 3.8) is 0 Å². The van der Waals surface area contributed by atoms with E-state index in [2.05, 4.69) is 0 Å². The molecule has 0 amide bonds. The third-order valence-electron chi connectivity index (χ3n) is 2.55. The standard InChI is InChI=1S/C12H4F2N2O/c13-8-1-2-9(14)12-10(17)3-7(11(8)12)6(4-15)5-16/h1-2H,3H2. The molecule has 0 aliphatic heterocycles. The summed E-state index contributed by atoms with van der Waals surface area (Å²) in [6, 6.07) is 4.89. The molecule has 1 aliphatic rings. The average molecular weight is 230 g/mol. The molecule has 0 radical (unpaired) electrons. The summed E-state index contributed by atoms with van der Waals surface area (Å²) in [6.45, 7) is 0. The highest BCUT2D eigenvalue weighted by Gasteiger charge is 2.32. The van der Waals surface area contributed by atoms with E-state index in [9.17, 15) is 13.6 Å². The van der Waals surface area contributed by atoms with Crippen LogP contribution in [0.2, 0.25) is 0 Å². The highest BCUT2D eigenvalue weighted by Crippen LogP contribution is 2.37. The van der Waals surface area contributed by atoms with Crippen LogP contribution in [0.25, 0.3) is 5.57 Å². The minimum absolute atomic E-state index is 0.0352. The minimum atomic E-state index is -0.836. The van der Waals surface area contributed by atoms with Gasteiger partial charge in [-0.1, -0.05) is 0 Å². The second-order valence-electron chi connectivity index (χ2n) is 3.46. The lowest BCUT2D eigenvalue weighted by atomic mass is 10.0. The Bertz CT molecular complexity index is 632. The van der Waals surface area contributed by atoms with E-state index in [0.29, 0.717) is 0 Å². The normalized spacial score (nSPS) is 12.9. The van der Waals surface area contributed by atoms with Gasteiger partial charge in [-0.15, -0.1) is 0 Å². The fraction of sp³-hybridized carbons (Fsp3) is 0.0833. The number of fused-ring (bicyclic) bond motifs is 1. The molecule has 0 fully saturated rings. The first kappa shape index (κ1) is 11.0. The van der Waals surface area contributed by atoms with Crippen molar-refractivity contribution in [2.45, 2.75) is 6.42 Å². The molecular formula is C12H4F2N2O. The number of allylic oxidation sites excluding steroid dienone is 2. The molecule has 0 saturated heterocycles. The topological polar surface area (TPSA) is 64.7 Å². The van der Waals surface area contributed by atoms with Gasteiger partial charge < -0.3 is 0 Å². The fourth-order valence-electron chi connectivity index (χ4n) is 1.83. The quantitative estimate of drug-likeness (QED) is 0.642. The SMILES string of the molecule is N#CC(C#N)=C1CC(=O)c2c(F)ccc(F)c21. The summed E-state index contributed by atoms with van der Waals surface area (Å²) in [6.07, 6.45) is -0.316. The lowest BCUT2D eigenvalue weighted by Gasteiger charge is -2.02. The molecule has 1 aromatic rings. The van der Waals surface area contributed by atoms with Crippen molar-refractivity contribution in [1.29, 1.82) is 10.5 Å². The number of ketones is 1. The number of halogens is 2. The van der Waals surface area contributed by atoms with E-state index in [1.165, 1.54) is 0 Å². The Morgan fingerprint density at radius 2 is 1.65 bits per heavy atom. The molecule has 0 bridgehead atoms. The fourth-order valence-corrected chi connectivity index (χ4v) is 1.83. The molecule has 5 heteroatoms. The van der Waals surface area contributed by atoms with Gasteiger partial charge in [0.05, 0.1) is 5.56 Å². The van der Waals surface area contributed by atoms with Gasteiger partial charge in [-0.3, -0.25) is 4.79 Å². The van der Waals surface area contributed by atoms with Gasteiger partial charge >= 0.3 is 0 Å². The Morgan fingerprint density at radius 1 is 1.12 bits per heavy atom. The van der Waals surface area contributed by atoms with E-state index < -0.39 is 17.4 Å². The van der Waals surface area contributed by atoms with Crippen molar-refractivity contribution in [2.24, 2.45) is 0 Å². The van der Waals surface area contributed by atoms with E-state index in [1.807, 2.05) is 0 Å². The molecule has 2 rings (SSSR count). The Morgan fingerprint density at radius 3 is 2.18 bits per heavy atom. The zero-order chi connectivity index (χ0) is 12.6. The molecular weight excluding hydrogens is 226 g/mol. The second kappa shape index (κ2) is 3.80. The number of hydrogen-bond acceptors (Lipinski definition) is 3. The molecule has 17 heavy (non-hydrogen) atoms. The first-order valence-electron chi connectivity index (χ1n) is 4.65. The van der Waals surface area contributed by atoms with Crippen LogP contribution in [0.5, 0.6) is 0 Å². The lowest BCUT2D eigenvalue weighted by Crippen LogP contribution is -1.97. The van der Waals surface area contributed by atoms with Crippen LogP contribution in [0.3, 0.4) is 0 Å². The molecule has 1 aliphatic carbocycles. The number of Topliss-reactive ketones (excluding diaryl/α,β-unsaturated/α-hetero) is 1. The highest BCUT2D eigenvalue weighted by atomic mass is 19.1. The predicted octanol–water partition coefficient (Wildman–Crippen LogP) is 2.35. The average Bonchev–Trinajstić information content (AvgIpc) is 2.65. The smallest absolute Gasteiger partial charge is 0.170 e. The van der Waals surface area contributed by atoms with Gasteiger partial charge in [0.1, 0.15) is 29.3 Å². The summed E-state index contributed by atoms with van der Waals surface area (Å²) in [5, 5.41) is 17.4. The van der Waals surface area contributed by atoms with Crippen molar-refractivity contribution in [1.82, 2.24) is 0 Å². The van der Waals surface area contributed by atoms with Gasteiger partial charge in [-0.25, -0.2) is 8.78 Å². The van der Waals surface area contributed by atoms with Gasteiger partial charge in [0.25, 0.3) is 0 Å². The van der Waals surface area contributed by atoms with Crippen molar-refractivity contribution in [3.05, 3.63) is 40.5 Å². The lowest BCUT2D eigenvalue weighted by molar-refractivity contribution is 0.100. The van der Waals surface area contributed by atoms with Crippen LogP contribution >= 0.6 is 0 Å². The zero-order valence-electron chi connectivity index (χ0n) is 8.42. The largest absolute Gasteiger partial charge is 0.294 e. The number of benzene rings is 1. The Hall–Kier alpha value is -2.53. The van der Waals surface area contributed by atoms with Crippen molar-refractivity contribution >= 4 is 11.4 Å². The monoisotopic (exact) mass is 230 g/mol. The molecule has 0 aromatic heterocycles. The van der Waals surface area contributed by atoms with E-state index in [0.717, 1.165) is 12.1 Å². The van der Waals surface area contributed by atoms with Crippen LogP contribution in [-0.4, -0.2) is 5.78 Å². The van der Waals surface area contributed by atoms with Crippen molar-refractivity contribution < 1.29 is 13.6 Å². The van der Waals surface area contributed by atoms with Gasteiger partial charge in [0.15, 0.2) is 5.78 Å². The van der Waals surface area contributed by atoms with Crippen LogP contribution < -0.4 is 0 Å². The van der Waals surface area contributed by atoms with Crippen LogP contribution in [0, 0.1) is 34.3 Å². The number of nitriles is 2. The number of rotatable bonds is 0. The molecule has 0 saturated carbocycles. The number of carbonyl (C=O) groups excluding carboxylic acids is 1. The molecule has 0 spiro atoms. The molecule has 1 aromatic carbocycles. The summed E-state index contributed by atoms with van der Waals surface area (Å²) in [7, 11) is 0. The maximum atomic E-state index is 13.6. The maximum Gasteiger partial charge on any atom is 0.170 e. The molecule has 3 nitrogen and oxygen atoms in total. The number of hydrogen-bond donors (Lipinski definition) is 0. The predicted molar refractivity (Wildman–Crippen MR) is 53.5 cm³/mol. The minimum Gasteiger partial charge on any atom is -0.294 e. The van der Waals surface area contributed by atoms with Crippen LogP contribution in [-0.2, 0) is 0 Å². The first-order valence-corrected chi connectivity index (χ1v) is 4.65. The van der Waals surface area contributed by atoms with Crippen LogP contribution in [0.15, 0.2) is 17.7 Å². The molecule has 0 atom stereocenters. The number of nitrogens with zero attached hydrogens (tertiary/aromatic N) is 2. The summed E-state index contributed by atoms with van der Waals surface area (Å²) in [4.78, 5) is 11.5. The Labute approximate surface area is 95.2 Å². The van der Waals surface area contributed by atoms with E-state index in [4.69, 9.17) is 10.5 Å². The summed E-state index contributed by atoms with van der Waals surface area (Å²) >= 11 is 0. The molecule has 0 N–H and O–H groups in total. The summed E-state index contributed by atoms with van der Waals surface area (Å²) in [5.41, 5.74) is -1.02. The van der Waals surface area contributed by atoms with E-state index in [1.54, 1.807) is 12.1 Å². The van der Waals surface area contributed by atoms with E-state index >= 15 is 0 Å². The van der Waals surface area contributed by atoms with Crippen molar-refractivity contribution in [3.8, 4) is 12.1 Å². The summed E-state index contributed by atoms with van der Waals surface area (Å²) in [5.74, 6) is -2.25. The molecule has 0 unspecified atom stereocenters. The van der Waals surface area contributed by atoms with Gasteiger partial charge in [-0.2, -0.15) is 10.5 Å². The van der Waals surface area contributed by atoms with Gasteiger partial charge in [0.2, 0.25) is 0 Å². The van der Waals surface area contributed by atoms with Gasteiger partial charge in [-0.05, 0) is 17.7 Å². The summed E-state index contributed by atoms with van der Waals surface area (Å²) < 4.78 is 26.9. The van der Waals surface area contributed by atoms with Crippen molar-refractivity contribution in [2.75, 3.05) is 0 Å². The van der Waals surface area contributed by atoms with Gasteiger partial charge in [0, 0.05) is 12.0 Å². The van der Waals surface area contributed by atoms with E-state index in [-0.39, 0.29) is 28.7 Å². The second-order valence-corrected chi connectivity index (χ2v) is 3.46. The van der Waals surface area contributed by atoms with Crippen LogP contribution in [0.1, 0.15) is 22.3 Å². The zero-order valence-corrected chi connectivity index (χ0v) is 8.42. The molecule has 82 valence electrons. The number of carbonyl (C=O) groups is 1. The highest BCUT2D eigenvalue weighted by molar-refractivity contribution is 6.13. The molecule has 0 heterocycles. The van der Waals surface area contributed by atoms with Crippen LogP contribution in [0.4, 0.5) is 8.78 Å². The Balaban J connectivity index is 2.86. The maximum absolute atomic E-state index is 13.6. The third-order valence-corrected chi connectivity index (χ3v) is 2.55. The third kappa shape index (κ3) is 1.49. The Kier molecular flexibility index (Phi) is 2.45. The first-order chi connectivity index (χ1) is 8.10.